The van der Waals surface area contributed by atoms with Crippen LogP contribution in [0.25, 0.3) is 0 Å². The number of hydrogen-bond donors (Lipinski definition) is 1. The molecule has 0 saturated carbocycles. The Labute approximate surface area is 98.3 Å². The van der Waals surface area contributed by atoms with Crippen molar-refractivity contribution in [1.29, 1.82) is 0 Å². The van der Waals surface area contributed by atoms with E-state index in [4.69, 9.17) is 0 Å². The van der Waals surface area contributed by atoms with E-state index in [-0.39, 0.29) is 10.6 Å². The molecule has 0 atom stereocenters. The van der Waals surface area contributed by atoms with Crippen LogP contribution in [0.4, 0.5) is 17.1 Å². The fourth-order valence-corrected chi connectivity index (χ4v) is 1.54. The highest BCUT2D eigenvalue weighted by Gasteiger charge is 2.09. The van der Waals surface area contributed by atoms with Crippen LogP contribution in [0.3, 0.4) is 0 Å². The van der Waals surface area contributed by atoms with Crippen molar-refractivity contribution >= 4 is 17.1 Å². The van der Waals surface area contributed by atoms with Crippen LogP contribution < -0.4 is 5.32 Å². The van der Waals surface area contributed by atoms with E-state index in [0.29, 0.717) is 5.56 Å². The molecule has 86 valence electrons. The number of nitrogens with one attached hydrogen (secondary N) is 1. The fraction of sp³-hybridized carbons (Fsp3) is 0.0833. The predicted octanol–water partition coefficient (Wildman–Crippen LogP) is 3.04. The molecule has 0 unspecified atom stereocenters. The highest BCUT2D eigenvalue weighted by Crippen LogP contribution is 2.23. The molecule has 2 aromatic rings. The Morgan fingerprint density at radius 3 is 2.47 bits per heavy atom. The van der Waals surface area contributed by atoms with Crippen LogP contribution in [-0.4, -0.2) is 9.91 Å². The van der Waals surface area contributed by atoms with Gasteiger partial charge in [-0.25, -0.2) is 0 Å². The summed E-state index contributed by atoms with van der Waals surface area (Å²) >= 11 is 0. The lowest BCUT2D eigenvalue weighted by atomic mass is 10.2. The molecule has 17 heavy (non-hydrogen) atoms. The van der Waals surface area contributed by atoms with Crippen molar-refractivity contribution in [3.8, 4) is 0 Å². The number of pyridine rings is 1. The van der Waals surface area contributed by atoms with Crippen molar-refractivity contribution in [2.75, 3.05) is 5.32 Å². The van der Waals surface area contributed by atoms with Crippen molar-refractivity contribution in [2.45, 2.75) is 6.92 Å². The zero-order chi connectivity index (χ0) is 12.3. The zero-order valence-corrected chi connectivity index (χ0v) is 9.25. The second-order valence-electron chi connectivity index (χ2n) is 3.62. The summed E-state index contributed by atoms with van der Waals surface area (Å²) in [5, 5.41) is 13.8. The largest absolute Gasteiger partial charge is 0.355 e. The van der Waals surface area contributed by atoms with Crippen LogP contribution in [0, 0.1) is 17.0 Å². The highest BCUT2D eigenvalue weighted by atomic mass is 16.6. The molecule has 0 fully saturated rings. The first kappa shape index (κ1) is 11.1. The van der Waals surface area contributed by atoms with Gasteiger partial charge in [-0.1, -0.05) is 0 Å². The lowest BCUT2D eigenvalue weighted by molar-refractivity contribution is -0.385. The molecule has 0 bridgehead atoms. The minimum Gasteiger partial charge on any atom is -0.355 e. The third-order valence-corrected chi connectivity index (χ3v) is 2.36. The van der Waals surface area contributed by atoms with Crippen LogP contribution in [-0.2, 0) is 0 Å². The summed E-state index contributed by atoms with van der Waals surface area (Å²) in [5.74, 6) is 0. The summed E-state index contributed by atoms with van der Waals surface area (Å²) in [6.45, 7) is 1.72. The first-order chi connectivity index (χ1) is 8.16. The first-order valence-corrected chi connectivity index (χ1v) is 5.09. The standard InChI is InChI=1S/C12H11N3O2/c1-9-8-11(2-3-12(9)15(16)17)14-10-4-6-13-7-5-10/h2-8H,1H3,(H,13,14). The lowest BCUT2D eigenvalue weighted by Crippen LogP contribution is -1.94. The van der Waals surface area contributed by atoms with E-state index in [0.717, 1.165) is 11.4 Å². The zero-order valence-electron chi connectivity index (χ0n) is 9.25. The molecule has 1 heterocycles. The van der Waals surface area contributed by atoms with Gasteiger partial charge in [-0.15, -0.1) is 0 Å². The van der Waals surface area contributed by atoms with E-state index >= 15 is 0 Å². The molecule has 0 aliphatic rings. The van der Waals surface area contributed by atoms with Crippen LogP contribution >= 0.6 is 0 Å². The van der Waals surface area contributed by atoms with E-state index in [1.54, 1.807) is 31.5 Å². The summed E-state index contributed by atoms with van der Waals surface area (Å²) < 4.78 is 0. The van der Waals surface area contributed by atoms with Gasteiger partial charge in [-0.05, 0) is 31.2 Å². The SMILES string of the molecule is Cc1cc(Nc2ccncc2)ccc1[N+](=O)[O-]. The maximum Gasteiger partial charge on any atom is 0.272 e. The van der Waals surface area contributed by atoms with Gasteiger partial charge < -0.3 is 5.32 Å². The number of nitrogens with zero attached hydrogens (tertiary/aromatic N) is 2. The second-order valence-corrected chi connectivity index (χ2v) is 3.62. The van der Waals surface area contributed by atoms with E-state index in [9.17, 15) is 10.1 Å². The maximum absolute atomic E-state index is 10.7. The molecule has 0 saturated heterocycles. The Kier molecular flexibility index (Phi) is 3.00. The smallest absolute Gasteiger partial charge is 0.272 e. The van der Waals surface area contributed by atoms with Crippen molar-refractivity contribution in [2.24, 2.45) is 0 Å². The Morgan fingerprint density at radius 1 is 1.18 bits per heavy atom. The van der Waals surface area contributed by atoms with Crippen LogP contribution in [0.1, 0.15) is 5.56 Å². The average molecular weight is 229 g/mol. The molecule has 1 aromatic heterocycles. The molecule has 0 spiro atoms. The van der Waals surface area contributed by atoms with Crippen molar-refractivity contribution < 1.29 is 4.92 Å². The molecule has 0 aliphatic carbocycles. The summed E-state index contributed by atoms with van der Waals surface area (Å²) in [7, 11) is 0. The normalized spacial score (nSPS) is 9.94. The fourth-order valence-electron chi connectivity index (χ4n) is 1.54. The van der Waals surface area contributed by atoms with Crippen molar-refractivity contribution in [3.63, 3.8) is 0 Å². The highest BCUT2D eigenvalue weighted by molar-refractivity contribution is 5.62. The topological polar surface area (TPSA) is 68.1 Å². The van der Waals surface area contributed by atoms with Crippen LogP contribution in [0.5, 0.6) is 0 Å². The minimum atomic E-state index is -0.383. The Hall–Kier alpha value is -2.43. The monoisotopic (exact) mass is 229 g/mol. The van der Waals surface area contributed by atoms with E-state index in [1.165, 1.54) is 6.07 Å². The third-order valence-electron chi connectivity index (χ3n) is 2.36. The number of anilines is 2. The van der Waals surface area contributed by atoms with Gasteiger partial charge in [-0.3, -0.25) is 15.1 Å². The predicted molar refractivity (Wildman–Crippen MR) is 65.4 cm³/mol. The molecule has 5 nitrogen and oxygen atoms in total. The van der Waals surface area contributed by atoms with E-state index in [2.05, 4.69) is 10.3 Å². The molecule has 1 N–H and O–H groups in total. The number of nitro groups is 1. The van der Waals surface area contributed by atoms with Gasteiger partial charge in [-0.2, -0.15) is 0 Å². The Morgan fingerprint density at radius 2 is 1.88 bits per heavy atom. The number of aromatic nitrogens is 1. The lowest BCUT2D eigenvalue weighted by Gasteiger charge is -2.06. The number of aryl methyl sites for hydroxylation is 1. The average Bonchev–Trinajstić information content (AvgIpc) is 2.30. The Balaban J connectivity index is 2.24. The van der Waals surface area contributed by atoms with Gasteiger partial charge >= 0.3 is 0 Å². The number of nitro benzene ring substituents is 1. The van der Waals surface area contributed by atoms with E-state index in [1.807, 2.05) is 12.1 Å². The van der Waals surface area contributed by atoms with Crippen molar-refractivity contribution in [1.82, 2.24) is 4.98 Å². The molecule has 1 aromatic carbocycles. The third kappa shape index (κ3) is 2.57. The summed E-state index contributed by atoms with van der Waals surface area (Å²) in [6.07, 6.45) is 3.36. The van der Waals surface area contributed by atoms with Crippen LogP contribution in [0.15, 0.2) is 42.7 Å². The Bertz CT molecular complexity index is 541. The first-order valence-electron chi connectivity index (χ1n) is 5.09. The van der Waals surface area contributed by atoms with Gasteiger partial charge in [0.15, 0.2) is 0 Å². The van der Waals surface area contributed by atoms with Crippen LogP contribution in [0.2, 0.25) is 0 Å². The van der Waals surface area contributed by atoms with Gasteiger partial charge in [0, 0.05) is 35.4 Å². The molecule has 0 aliphatic heterocycles. The summed E-state index contributed by atoms with van der Waals surface area (Å²) in [4.78, 5) is 14.2. The maximum atomic E-state index is 10.7. The van der Waals surface area contributed by atoms with Crippen molar-refractivity contribution in [3.05, 3.63) is 58.4 Å². The van der Waals surface area contributed by atoms with Gasteiger partial charge in [0.05, 0.1) is 4.92 Å². The molecule has 0 radical (unpaired) electrons. The van der Waals surface area contributed by atoms with E-state index < -0.39 is 0 Å². The quantitative estimate of drug-likeness (QED) is 0.648. The molecule has 5 heteroatoms. The molecular formula is C12H11N3O2. The number of benzene rings is 1. The summed E-state index contributed by atoms with van der Waals surface area (Å²) in [6, 6.07) is 8.59. The number of hydrogen-bond acceptors (Lipinski definition) is 4. The van der Waals surface area contributed by atoms with Gasteiger partial charge in [0.25, 0.3) is 5.69 Å². The molecule has 2 rings (SSSR count). The molecular weight excluding hydrogens is 218 g/mol. The molecule has 0 amide bonds. The summed E-state index contributed by atoms with van der Waals surface area (Å²) in [5.41, 5.74) is 2.48. The number of rotatable bonds is 3. The van der Waals surface area contributed by atoms with Gasteiger partial charge in [0.2, 0.25) is 0 Å². The van der Waals surface area contributed by atoms with Gasteiger partial charge in [0.1, 0.15) is 0 Å². The second kappa shape index (κ2) is 4.61. The minimum absolute atomic E-state index is 0.130.